The van der Waals surface area contributed by atoms with Crippen molar-refractivity contribution in [2.24, 2.45) is 0 Å². The average Bonchev–Trinajstić information content (AvgIpc) is 3.73. The van der Waals surface area contributed by atoms with Crippen molar-refractivity contribution < 1.29 is 0 Å². The fourth-order valence-corrected chi connectivity index (χ4v) is 9.97. The van der Waals surface area contributed by atoms with Gasteiger partial charge in [0.15, 0.2) is 17.5 Å². The maximum atomic E-state index is 5.56. The van der Waals surface area contributed by atoms with Gasteiger partial charge in [-0.2, -0.15) is 0 Å². The fourth-order valence-electron chi connectivity index (χ4n) is 9.97. The molecule has 0 saturated heterocycles. The van der Waals surface area contributed by atoms with Gasteiger partial charge in [-0.25, -0.2) is 19.9 Å². The third-order valence-electron chi connectivity index (χ3n) is 12.8. The van der Waals surface area contributed by atoms with Crippen molar-refractivity contribution in [3.63, 3.8) is 0 Å². The molecule has 5 heteroatoms. The van der Waals surface area contributed by atoms with Crippen LogP contribution in [0.5, 0.6) is 0 Å². The Morgan fingerprint density at radius 2 is 0.769 bits per heavy atom. The summed E-state index contributed by atoms with van der Waals surface area (Å²) in [6, 6.07) is 79.2. The molecule has 0 amide bonds. The van der Waals surface area contributed by atoms with E-state index in [0.29, 0.717) is 17.5 Å². The molecule has 0 unspecified atom stereocenters. The Kier molecular flexibility index (Phi) is 8.46. The Bertz CT molecular complexity index is 3860. The van der Waals surface area contributed by atoms with Gasteiger partial charge in [-0.15, -0.1) is 0 Å². The summed E-state index contributed by atoms with van der Waals surface area (Å²) in [4.78, 5) is 21.1. The number of fused-ring (bicyclic) bond motifs is 9. The number of hydrogen-bond acceptors (Lipinski definition) is 4. The van der Waals surface area contributed by atoms with E-state index in [1.165, 1.54) is 10.8 Å². The molecule has 0 aliphatic rings. The molecule has 0 atom stereocenters. The SMILES string of the molecule is c1ccc(-c2nc(-c3ccccc3)nc(-c3c4ccccc4c(-c4ccc5nc(-c6ccccc6)c6c(ccc7c6c6ccccc6n7-c6ccccc6)c5c4)c4ccccc34)n2)cc1. The first-order valence-corrected chi connectivity index (χ1v) is 22.0. The lowest BCUT2D eigenvalue weighted by Gasteiger charge is -2.18. The molecule has 5 nitrogen and oxygen atoms in total. The van der Waals surface area contributed by atoms with Gasteiger partial charge in [-0.3, -0.25) is 0 Å². The van der Waals surface area contributed by atoms with Gasteiger partial charge in [0.25, 0.3) is 0 Å². The normalized spacial score (nSPS) is 11.7. The average molecular weight is 828 g/mol. The molecule has 3 heterocycles. The molecule has 65 heavy (non-hydrogen) atoms. The van der Waals surface area contributed by atoms with Crippen LogP contribution >= 0.6 is 0 Å². The highest BCUT2D eigenvalue weighted by Gasteiger charge is 2.23. The lowest BCUT2D eigenvalue weighted by atomic mass is 9.87. The van der Waals surface area contributed by atoms with Gasteiger partial charge in [0.2, 0.25) is 0 Å². The smallest absolute Gasteiger partial charge is 0.165 e. The molecule has 0 aliphatic carbocycles. The molecule has 0 aliphatic heterocycles. The van der Waals surface area contributed by atoms with Crippen molar-refractivity contribution in [3.8, 4) is 62.2 Å². The van der Waals surface area contributed by atoms with Crippen LogP contribution in [0.1, 0.15) is 0 Å². The molecule has 0 saturated carbocycles. The second-order valence-corrected chi connectivity index (χ2v) is 16.5. The number of hydrogen-bond donors (Lipinski definition) is 0. The standard InChI is InChI=1S/C60H37N5/c1-5-19-38(20-6-1)57-56-47(34-36-52-55(56)48-31-17-18-32-51(48)65(52)42-25-11-4-12-26-42)49-37-41(33-35-50(49)61-57)53-43-27-13-15-29-45(43)54(46-30-16-14-28-44(46)53)60-63-58(39-21-7-2-8-22-39)62-59(64-60)40-23-9-3-10-24-40/h1-37H. The van der Waals surface area contributed by atoms with E-state index in [1.807, 2.05) is 36.4 Å². The van der Waals surface area contributed by atoms with Crippen molar-refractivity contribution in [1.82, 2.24) is 24.5 Å². The van der Waals surface area contributed by atoms with Crippen LogP contribution in [0.4, 0.5) is 0 Å². The highest BCUT2D eigenvalue weighted by atomic mass is 15.0. The first-order chi connectivity index (χ1) is 32.3. The molecule has 13 aromatic rings. The summed E-state index contributed by atoms with van der Waals surface area (Å²) in [6.45, 7) is 0. The number of aromatic nitrogens is 5. The van der Waals surface area contributed by atoms with E-state index in [1.54, 1.807) is 0 Å². The topological polar surface area (TPSA) is 56.5 Å². The zero-order valence-corrected chi connectivity index (χ0v) is 35.1. The van der Waals surface area contributed by atoms with Gasteiger partial charge >= 0.3 is 0 Å². The van der Waals surface area contributed by atoms with Crippen LogP contribution in [-0.2, 0) is 0 Å². The lowest BCUT2D eigenvalue weighted by molar-refractivity contribution is 1.08. The molecule has 0 N–H and O–H groups in total. The molecule has 3 aromatic heterocycles. The summed E-state index contributed by atoms with van der Waals surface area (Å²) in [7, 11) is 0. The number of rotatable bonds is 6. The number of para-hydroxylation sites is 2. The lowest BCUT2D eigenvalue weighted by Crippen LogP contribution is -2.01. The van der Waals surface area contributed by atoms with Crippen molar-refractivity contribution in [1.29, 1.82) is 0 Å². The zero-order chi connectivity index (χ0) is 42.8. The predicted molar refractivity (Wildman–Crippen MR) is 269 cm³/mol. The van der Waals surface area contributed by atoms with Crippen LogP contribution in [0.25, 0.3) is 127 Å². The third kappa shape index (κ3) is 5.94. The minimum atomic E-state index is 0.636. The summed E-state index contributed by atoms with van der Waals surface area (Å²) in [6.07, 6.45) is 0. The summed E-state index contributed by atoms with van der Waals surface area (Å²) >= 11 is 0. The Labute approximate surface area is 374 Å². The van der Waals surface area contributed by atoms with Gasteiger partial charge < -0.3 is 4.57 Å². The van der Waals surface area contributed by atoms with E-state index < -0.39 is 0 Å². The molecule has 0 fully saturated rings. The van der Waals surface area contributed by atoms with Gasteiger partial charge in [0.05, 0.1) is 22.2 Å². The Hall–Kier alpha value is -8.80. The summed E-state index contributed by atoms with van der Waals surface area (Å²) in [5.41, 5.74) is 11.6. The summed E-state index contributed by atoms with van der Waals surface area (Å²) in [5.74, 6) is 1.91. The van der Waals surface area contributed by atoms with Gasteiger partial charge in [0.1, 0.15) is 0 Å². The molecule has 13 rings (SSSR count). The first kappa shape index (κ1) is 36.8. The quantitative estimate of drug-likeness (QED) is 0.124. The third-order valence-corrected chi connectivity index (χ3v) is 12.8. The van der Waals surface area contributed by atoms with E-state index in [2.05, 4.69) is 193 Å². The predicted octanol–water partition coefficient (Wildman–Crippen LogP) is 15.3. The molecular weight excluding hydrogens is 791 g/mol. The van der Waals surface area contributed by atoms with Crippen LogP contribution in [-0.4, -0.2) is 24.5 Å². The highest BCUT2D eigenvalue weighted by Crippen LogP contribution is 2.46. The number of benzene rings is 10. The van der Waals surface area contributed by atoms with Crippen LogP contribution in [0.15, 0.2) is 224 Å². The van der Waals surface area contributed by atoms with Crippen LogP contribution in [0.2, 0.25) is 0 Å². The van der Waals surface area contributed by atoms with Gasteiger partial charge in [-0.05, 0) is 74.5 Å². The molecule has 302 valence electrons. The summed E-state index contributed by atoms with van der Waals surface area (Å²) in [5, 5.41) is 10.2. The number of nitrogens with zero attached hydrogens (tertiary/aromatic N) is 5. The molecule has 0 radical (unpaired) electrons. The van der Waals surface area contributed by atoms with E-state index in [4.69, 9.17) is 19.9 Å². The monoisotopic (exact) mass is 827 g/mol. The first-order valence-electron chi connectivity index (χ1n) is 22.0. The van der Waals surface area contributed by atoms with Crippen LogP contribution in [0.3, 0.4) is 0 Å². The van der Waals surface area contributed by atoms with Gasteiger partial charge in [-0.1, -0.05) is 188 Å². The zero-order valence-electron chi connectivity index (χ0n) is 35.1. The van der Waals surface area contributed by atoms with E-state index in [0.717, 1.165) is 99.0 Å². The minimum absolute atomic E-state index is 0.636. The van der Waals surface area contributed by atoms with E-state index in [-0.39, 0.29) is 0 Å². The van der Waals surface area contributed by atoms with E-state index >= 15 is 0 Å². The van der Waals surface area contributed by atoms with Crippen molar-refractivity contribution >= 4 is 65.0 Å². The Morgan fingerprint density at radius 1 is 0.277 bits per heavy atom. The fraction of sp³-hybridized carbons (Fsp3) is 0. The van der Waals surface area contributed by atoms with Crippen LogP contribution in [0, 0.1) is 0 Å². The highest BCUT2D eigenvalue weighted by molar-refractivity contribution is 6.29. The maximum Gasteiger partial charge on any atom is 0.165 e. The van der Waals surface area contributed by atoms with Crippen LogP contribution < -0.4 is 0 Å². The second-order valence-electron chi connectivity index (χ2n) is 16.5. The largest absolute Gasteiger partial charge is 0.309 e. The molecule has 0 spiro atoms. The molecule has 10 aromatic carbocycles. The van der Waals surface area contributed by atoms with Crippen molar-refractivity contribution in [2.75, 3.05) is 0 Å². The number of pyridine rings is 1. The van der Waals surface area contributed by atoms with Gasteiger partial charge in [0, 0.05) is 49.5 Å². The molecular formula is C60H37N5. The Balaban J connectivity index is 1.10. The van der Waals surface area contributed by atoms with Crippen molar-refractivity contribution in [2.45, 2.75) is 0 Å². The summed E-state index contributed by atoms with van der Waals surface area (Å²) < 4.78 is 2.39. The minimum Gasteiger partial charge on any atom is -0.309 e. The maximum absolute atomic E-state index is 5.56. The van der Waals surface area contributed by atoms with E-state index in [9.17, 15) is 0 Å². The Morgan fingerprint density at radius 3 is 1.37 bits per heavy atom. The van der Waals surface area contributed by atoms with Crippen molar-refractivity contribution in [3.05, 3.63) is 224 Å². The molecule has 0 bridgehead atoms. The second kappa shape index (κ2) is 14.9.